The van der Waals surface area contributed by atoms with Crippen molar-refractivity contribution in [3.63, 3.8) is 0 Å². The number of carbonyl (C=O) groups excluding carboxylic acids is 4. The summed E-state index contributed by atoms with van der Waals surface area (Å²) in [6.07, 6.45) is -0.135. The highest BCUT2D eigenvalue weighted by Gasteiger charge is 2.19. The second kappa shape index (κ2) is 10.9. The summed E-state index contributed by atoms with van der Waals surface area (Å²) in [5.74, 6) is -1.81. The third kappa shape index (κ3) is 6.84. The summed E-state index contributed by atoms with van der Waals surface area (Å²) in [5.41, 5.74) is 8.39. The Morgan fingerprint density at radius 2 is 1.60 bits per heavy atom. The maximum absolute atomic E-state index is 12.5. The molecule has 0 saturated carbocycles. The largest absolute Gasteiger partial charge is 0.456 e. The zero-order valence-corrected chi connectivity index (χ0v) is 17.2. The molecule has 2 N–H and O–H groups in total. The first kappa shape index (κ1) is 22.8. The summed E-state index contributed by atoms with van der Waals surface area (Å²) < 4.78 is 5.04. The molecule has 0 unspecified atom stereocenters. The fourth-order valence-corrected chi connectivity index (χ4v) is 2.79. The number of carbonyl (C=O) groups is 4. The van der Waals surface area contributed by atoms with Crippen LogP contribution in [0.1, 0.15) is 40.7 Å². The molecule has 0 aliphatic heterocycles. The molecular formula is C23H26N2O5. The van der Waals surface area contributed by atoms with E-state index in [9.17, 15) is 19.2 Å². The first-order valence-electron chi connectivity index (χ1n) is 9.67. The van der Waals surface area contributed by atoms with Gasteiger partial charge in [-0.15, -0.1) is 0 Å². The van der Waals surface area contributed by atoms with Crippen LogP contribution in [0.5, 0.6) is 0 Å². The molecule has 7 nitrogen and oxygen atoms in total. The van der Waals surface area contributed by atoms with Gasteiger partial charge in [0.05, 0.1) is 6.42 Å². The van der Waals surface area contributed by atoms with Crippen LogP contribution in [0.3, 0.4) is 0 Å². The minimum atomic E-state index is -0.636. The summed E-state index contributed by atoms with van der Waals surface area (Å²) in [6, 6.07) is 14.1. The Bertz CT molecular complexity index is 924. The fraction of sp³-hybridized carbons (Fsp3) is 0.304. The van der Waals surface area contributed by atoms with Crippen molar-refractivity contribution in [2.24, 2.45) is 5.73 Å². The monoisotopic (exact) mass is 410 g/mol. The number of amides is 2. The maximum atomic E-state index is 12.5. The van der Waals surface area contributed by atoms with Crippen LogP contribution in [0.15, 0.2) is 48.5 Å². The number of nitrogens with zero attached hydrogens (tertiary/aromatic N) is 1. The number of ether oxygens (including phenoxy) is 1. The minimum absolute atomic E-state index is 0.000397. The molecule has 2 aromatic rings. The van der Waals surface area contributed by atoms with Crippen LogP contribution in [0.4, 0.5) is 5.69 Å². The van der Waals surface area contributed by atoms with Gasteiger partial charge < -0.3 is 15.4 Å². The number of primary amides is 1. The van der Waals surface area contributed by atoms with Crippen LogP contribution < -0.4 is 10.6 Å². The predicted molar refractivity (Wildman–Crippen MR) is 113 cm³/mol. The van der Waals surface area contributed by atoms with Gasteiger partial charge in [-0.25, -0.2) is 0 Å². The molecule has 2 aromatic carbocycles. The molecule has 0 bridgehead atoms. The lowest BCUT2D eigenvalue weighted by molar-refractivity contribution is -0.147. The van der Waals surface area contributed by atoms with Gasteiger partial charge in [-0.2, -0.15) is 0 Å². The number of hydrogen-bond donors (Lipinski definition) is 1. The van der Waals surface area contributed by atoms with Gasteiger partial charge in [-0.1, -0.05) is 30.3 Å². The second-order valence-electron chi connectivity index (χ2n) is 6.98. The lowest BCUT2D eigenvalue weighted by atomic mass is 10.0. The van der Waals surface area contributed by atoms with Crippen molar-refractivity contribution in [3.8, 4) is 0 Å². The van der Waals surface area contributed by atoms with Crippen molar-refractivity contribution in [2.75, 3.05) is 18.1 Å². The lowest BCUT2D eigenvalue weighted by Crippen LogP contribution is -2.37. The SMILES string of the molecule is Cc1ccc(C(=O)CCC(=O)OCC(=O)N(CCC(N)=O)c2ccccc2)cc1C. The van der Waals surface area contributed by atoms with E-state index in [-0.39, 0.29) is 31.6 Å². The lowest BCUT2D eigenvalue weighted by Gasteiger charge is -2.22. The second-order valence-corrected chi connectivity index (χ2v) is 6.98. The molecule has 2 amide bonds. The normalized spacial score (nSPS) is 10.3. The van der Waals surface area contributed by atoms with Crippen LogP contribution in [-0.4, -0.2) is 36.7 Å². The Morgan fingerprint density at radius 3 is 2.23 bits per heavy atom. The molecule has 0 aliphatic carbocycles. The number of Topliss-reactive ketones (excluding diaryl/α,β-unsaturated/α-hetero) is 1. The van der Waals surface area contributed by atoms with Crippen molar-refractivity contribution < 1.29 is 23.9 Å². The molecule has 7 heteroatoms. The Labute approximate surface area is 175 Å². The number of esters is 1. The van der Waals surface area contributed by atoms with E-state index in [0.29, 0.717) is 11.3 Å². The zero-order valence-electron chi connectivity index (χ0n) is 17.2. The molecule has 0 saturated heterocycles. The van der Waals surface area contributed by atoms with Gasteiger partial charge in [-0.3, -0.25) is 19.2 Å². The number of aryl methyl sites for hydroxylation is 2. The summed E-state index contributed by atoms with van der Waals surface area (Å²) in [4.78, 5) is 49.2. The first-order valence-corrected chi connectivity index (χ1v) is 9.67. The van der Waals surface area contributed by atoms with Gasteiger partial charge in [0, 0.05) is 30.6 Å². The molecule has 2 rings (SSSR count). The number of benzene rings is 2. The summed E-state index contributed by atoms with van der Waals surface area (Å²) in [6.45, 7) is 3.48. The van der Waals surface area contributed by atoms with E-state index in [2.05, 4.69) is 0 Å². The molecular weight excluding hydrogens is 384 g/mol. The van der Waals surface area contributed by atoms with Crippen molar-refractivity contribution in [1.29, 1.82) is 0 Å². The van der Waals surface area contributed by atoms with E-state index in [1.54, 1.807) is 42.5 Å². The number of para-hydroxylation sites is 1. The third-order valence-electron chi connectivity index (χ3n) is 4.69. The van der Waals surface area contributed by atoms with Gasteiger partial charge in [0.25, 0.3) is 5.91 Å². The van der Waals surface area contributed by atoms with Gasteiger partial charge in [-0.05, 0) is 43.2 Å². The Kier molecular flexibility index (Phi) is 8.29. The highest BCUT2D eigenvalue weighted by Crippen LogP contribution is 2.15. The minimum Gasteiger partial charge on any atom is -0.456 e. The van der Waals surface area contributed by atoms with E-state index in [4.69, 9.17) is 10.5 Å². The van der Waals surface area contributed by atoms with Gasteiger partial charge in [0.1, 0.15) is 0 Å². The van der Waals surface area contributed by atoms with E-state index in [1.807, 2.05) is 19.9 Å². The van der Waals surface area contributed by atoms with E-state index in [0.717, 1.165) is 11.1 Å². The van der Waals surface area contributed by atoms with Crippen LogP contribution in [0.2, 0.25) is 0 Å². The van der Waals surface area contributed by atoms with Gasteiger partial charge in [0.15, 0.2) is 12.4 Å². The molecule has 158 valence electrons. The third-order valence-corrected chi connectivity index (χ3v) is 4.69. The van der Waals surface area contributed by atoms with E-state index >= 15 is 0 Å². The van der Waals surface area contributed by atoms with Crippen molar-refractivity contribution >= 4 is 29.3 Å². The Morgan fingerprint density at radius 1 is 0.900 bits per heavy atom. The molecule has 30 heavy (non-hydrogen) atoms. The summed E-state index contributed by atoms with van der Waals surface area (Å²) in [5, 5.41) is 0. The maximum Gasteiger partial charge on any atom is 0.306 e. The molecule has 0 radical (unpaired) electrons. The zero-order chi connectivity index (χ0) is 22.1. The average Bonchev–Trinajstić information content (AvgIpc) is 2.73. The van der Waals surface area contributed by atoms with Crippen LogP contribution in [-0.2, 0) is 19.1 Å². The van der Waals surface area contributed by atoms with Gasteiger partial charge in [0.2, 0.25) is 5.91 Å². The quantitative estimate of drug-likeness (QED) is 0.479. The van der Waals surface area contributed by atoms with Crippen molar-refractivity contribution in [3.05, 3.63) is 65.2 Å². The average molecular weight is 410 g/mol. The number of ketones is 1. The predicted octanol–water partition coefficient (Wildman–Crippen LogP) is 2.72. The highest BCUT2D eigenvalue weighted by molar-refractivity contribution is 5.98. The highest BCUT2D eigenvalue weighted by atomic mass is 16.5. The Hall–Kier alpha value is -3.48. The number of nitrogens with two attached hydrogens (primary N) is 1. The standard InChI is InChI=1S/C23H26N2O5/c1-16-8-9-18(14-17(16)2)20(26)10-11-23(29)30-15-22(28)25(13-12-21(24)27)19-6-4-3-5-7-19/h3-9,14H,10-13,15H2,1-2H3,(H2,24,27). The molecule has 0 aliphatic rings. The topological polar surface area (TPSA) is 107 Å². The molecule has 0 fully saturated rings. The Balaban J connectivity index is 1.88. The van der Waals surface area contributed by atoms with Crippen LogP contribution in [0.25, 0.3) is 0 Å². The summed E-state index contributed by atoms with van der Waals surface area (Å²) >= 11 is 0. The van der Waals surface area contributed by atoms with Crippen molar-refractivity contribution in [1.82, 2.24) is 0 Å². The number of rotatable bonds is 10. The van der Waals surface area contributed by atoms with Gasteiger partial charge >= 0.3 is 5.97 Å². The smallest absolute Gasteiger partial charge is 0.306 e. The van der Waals surface area contributed by atoms with Crippen molar-refractivity contribution in [2.45, 2.75) is 33.1 Å². The molecule has 0 aromatic heterocycles. The summed E-state index contributed by atoms with van der Waals surface area (Å²) in [7, 11) is 0. The van der Waals surface area contributed by atoms with E-state index < -0.39 is 24.4 Å². The van der Waals surface area contributed by atoms with E-state index in [1.165, 1.54) is 4.90 Å². The molecule has 0 spiro atoms. The van der Waals surface area contributed by atoms with Crippen LogP contribution in [0, 0.1) is 13.8 Å². The fourth-order valence-electron chi connectivity index (χ4n) is 2.79. The molecule has 0 atom stereocenters. The van der Waals surface area contributed by atoms with Crippen LogP contribution >= 0.6 is 0 Å². The first-order chi connectivity index (χ1) is 14.3. The molecule has 0 heterocycles. The number of anilines is 1. The number of hydrogen-bond acceptors (Lipinski definition) is 5.